The van der Waals surface area contributed by atoms with E-state index in [1.807, 2.05) is 24.3 Å². The van der Waals surface area contributed by atoms with E-state index in [1.54, 1.807) is 24.4 Å². The number of phenolic OH excluding ortho intramolecular Hbond substituents is 2. The molecule has 0 bridgehead atoms. The molecule has 0 unspecified atom stereocenters. The molecule has 5 atom stereocenters. The van der Waals surface area contributed by atoms with Gasteiger partial charge < -0.3 is 44.9 Å². The molecule has 0 radical (unpaired) electrons. The van der Waals surface area contributed by atoms with Gasteiger partial charge in [0.05, 0.1) is 51.5 Å². The topological polar surface area (TPSA) is 214 Å². The number of ether oxygens (including phenoxy) is 1. The van der Waals surface area contributed by atoms with Gasteiger partial charge in [0.15, 0.2) is 6.23 Å². The van der Waals surface area contributed by atoms with E-state index in [9.17, 15) is 40.2 Å². The molecule has 50 heavy (non-hydrogen) atoms. The minimum absolute atomic E-state index is 0.00208. The number of aliphatic hydroxyl groups excluding tert-OH is 4. The first-order valence-electron chi connectivity index (χ1n) is 15.7. The SMILES string of the molecule is O=C1c2c(c3c4ccc(O)cc4n([C@@H]4O[C@H](CO)[C@@H](O)[C@H](O)[C@H]4O)c3c3[nH]c4cc(O)ccc4c23)C(=O)N1/N=C/c1ccnc2ccccc12. The van der Waals surface area contributed by atoms with E-state index in [4.69, 9.17) is 4.74 Å². The zero-order chi connectivity index (χ0) is 34.6. The zero-order valence-corrected chi connectivity index (χ0v) is 25.8. The molecule has 5 heterocycles. The number of rotatable bonds is 4. The van der Waals surface area contributed by atoms with Crippen molar-refractivity contribution in [2.24, 2.45) is 5.10 Å². The van der Waals surface area contributed by atoms with E-state index >= 15 is 0 Å². The second kappa shape index (κ2) is 10.8. The third kappa shape index (κ3) is 4.08. The van der Waals surface area contributed by atoms with Crippen molar-refractivity contribution in [1.29, 1.82) is 0 Å². The fraction of sp³-hybridized carbons (Fsp3) is 0.167. The Kier molecular flexibility index (Phi) is 6.52. The third-order valence-electron chi connectivity index (χ3n) is 9.69. The quantitative estimate of drug-likeness (QED) is 0.107. The summed E-state index contributed by atoms with van der Waals surface area (Å²) < 4.78 is 7.48. The Hall–Kier alpha value is -5.90. The molecule has 2 amide bonds. The van der Waals surface area contributed by atoms with Crippen LogP contribution in [0.4, 0.5) is 0 Å². The van der Waals surface area contributed by atoms with Gasteiger partial charge in [-0.1, -0.05) is 18.2 Å². The Bertz CT molecular complexity index is 2620. The summed E-state index contributed by atoms with van der Waals surface area (Å²) in [5.74, 6) is -1.66. The summed E-state index contributed by atoms with van der Waals surface area (Å²) in [5.41, 5.74) is 2.63. The highest BCUT2D eigenvalue weighted by atomic mass is 16.6. The molecule has 7 aromatic rings. The second-order valence-corrected chi connectivity index (χ2v) is 12.5. The highest BCUT2D eigenvalue weighted by Gasteiger charge is 2.47. The summed E-state index contributed by atoms with van der Waals surface area (Å²) in [4.78, 5) is 36.5. The largest absolute Gasteiger partial charge is 0.508 e. The predicted octanol–water partition coefficient (Wildman–Crippen LogP) is 2.99. The number of aromatic amines is 1. The van der Waals surface area contributed by atoms with Crippen LogP contribution in [0.15, 0.2) is 78.0 Å². The van der Waals surface area contributed by atoms with Crippen LogP contribution in [0.5, 0.6) is 11.5 Å². The highest BCUT2D eigenvalue weighted by molar-refractivity contribution is 6.39. The van der Waals surface area contributed by atoms with E-state index in [0.29, 0.717) is 38.3 Å². The van der Waals surface area contributed by atoms with E-state index in [-0.39, 0.29) is 39.0 Å². The molecule has 2 aliphatic heterocycles. The number of pyridine rings is 1. The summed E-state index contributed by atoms with van der Waals surface area (Å²) in [6, 6.07) is 18.0. The van der Waals surface area contributed by atoms with Crippen LogP contribution in [0.25, 0.3) is 54.5 Å². The fourth-order valence-electron chi connectivity index (χ4n) is 7.42. The number of benzene rings is 4. The standard InChI is InChI=1S/C36H27N5O9/c42-14-24-31(45)32(46)33(47)36(50-24)40-23-12-17(44)6-8-20(23)26-28-27(25-19-7-5-16(43)11-22(19)39-29(25)30(26)40)34(48)41(35(28)49)38-13-15-9-10-37-21-4-2-1-3-18(15)21/h1-13,24,31-33,36,39,42-47H,14H2/b38-13+/t24-,31-,32+,33-,36-/m1/s1. The Balaban J connectivity index is 1.36. The minimum atomic E-state index is -1.74. The van der Waals surface area contributed by atoms with Crippen LogP contribution in [0.1, 0.15) is 32.5 Å². The number of fused-ring (bicyclic) bond motifs is 11. The molecular weight excluding hydrogens is 646 g/mol. The first-order valence-corrected chi connectivity index (χ1v) is 15.7. The average Bonchev–Trinajstić information content (AvgIpc) is 3.73. The number of imide groups is 1. The van der Waals surface area contributed by atoms with Gasteiger partial charge in [0.25, 0.3) is 11.8 Å². The number of nitrogens with one attached hydrogen (secondary N) is 1. The number of hydrazone groups is 1. The number of hydrogen-bond acceptors (Lipinski definition) is 11. The van der Waals surface area contributed by atoms with Crippen molar-refractivity contribution in [2.45, 2.75) is 30.6 Å². The third-order valence-corrected chi connectivity index (χ3v) is 9.69. The predicted molar refractivity (Wildman–Crippen MR) is 181 cm³/mol. The van der Waals surface area contributed by atoms with Gasteiger partial charge in [0.1, 0.15) is 35.9 Å². The van der Waals surface area contributed by atoms with Gasteiger partial charge in [-0.15, -0.1) is 0 Å². The molecule has 7 N–H and O–H groups in total. The van der Waals surface area contributed by atoms with E-state index in [2.05, 4.69) is 15.1 Å². The smallest absolute Gasteiger partial charge is 0.283 e. The molecule has 1 fully saturated rings. The van der Waals surface area contributed by atoms with Crippen molar-refractivity contribution in [2.75, 3.05) is 6.61 Å². The maximum Gasteiger partial charge on any atom is 0.283 e. The summed E-state index contributed by atoms with van der Waals surface area (Å²) in [6.07, 6.45) is -4.82. The Morgan fingerprint density at radius 1 is 0.840 bits per heavy atom. The van der Waals surface area contributed by atoms with Crippen molar-refractivity contribution in [3.05, 3.63) is 89.6 Å². The molecule has 0 aliphatic carbocycles. The van der Waals surface area contributed by atoms with Gasteiger partial charge >= 0.3 is 0 Å². The number of carbonyl (C=O) groups is 2. The van der Waals surface area contributed by atoms with Crippen LogP contribution in [0.3, 0.4) is 0 Å². The van der Waals surface area contributed by atoms with Gasteiger partial charge in [-0.05, 0) is 36.4 Å². The highest BCUT2D eigenvalue weighted by Crippen LogP contribution is 2.48. The molecule has 9 rings (SSSR count). The molecule has 3 aromatic heterocycles. The van der Waals surface area contributed by atoms with Crippen LogP contribution in [0.2, 0.25) is 0 Å². The van der Waals surface area contributed by atoms with Crippen LogP contribution in [-0.4, -0.2) is 99.2 Å². The Morgan fingerprint density at radius 3 is 2.34 bits per heavy atom. The molecular formula is C36H27N5O9. The van der Waals surface area contributed by atoms with Crippen molar-refractivity contribution < 1.29 is 45.0 Å². The normalized spacial score (nSPS) is 22.7. The van der Waals surface area contributed by atoms with Crippen molar-refractivity contribution in [3.8, 4) is 11.5 Å². The van der Waals surface area contributed by atoms with Crippen molar-refractivity contribution in [3.63, 3.8) is 0 Å². The molecule has 0 saturated carbocycles. The van der Waals surface area contributed by atoms with Crippen LogP contribution < -0.4 is 0 Å². The number of aromatic nitrogens is 3. The van der Waals surface area contributed by atoms with E-state index in [0.717, 1.165) is 10.4 Å². The molecule has 1 saturated heterocycles. The fourth-order valence-corrected chi connectivity index (χ4v) is 7.42. The maximum atomic E-state index is 14.5. The van der Waals surface area contributed by atoms with Gasteiger partial charge in [-0.3, -0.25) is 14.6 Å². The number of nitrogens with zero attached hydrogens (tertiary/aromatic N) is 4. The summed E-state index contributed by atoms with van der Waals surface area (Å²) in [5, 5.41) is 71.1. The molecule has 2 aliphatic rings. The number of aliphatic hydroxyl groups is 4. The molecule has 0 spiro atoms. The Morgan fingerprint density at radius 2 is 1.56 bits per heavy atom. The van der Waals surface area contributed by atoms with Crippen LogP contribution in [0, 0.1) is 0 Å². The average molecular weight is 674 g/mol. The monoisotopic (exact) mass is 673 g/mol. The minimum Gasteiger partial charge on any atom is -0.508 e. The molecule has 14 nitrogen and oxygen atoms in total. The van der Waals surface area contributed by atoms with Gasteiger partial charge in [0, 0.05) is 50.8 Å². The number of amides is 2. The summed E-state index contributed by atoms with van der Waals surface area (Å²) in [7, 11) is 0. The lowest BCUT2D eigenvalue weighted by molar-refractivity contribution is -0.249. The zero-order valence-electron chi connectivity index (χ0n) is 25.8. The molecule has 14 heteroatoms. The van der Waals surface area contributed by atoms with Crippen LogP contribution in [-0.2, 0) is 4.74 Å². The second-order valence-electron chi connectivity index (χ2n) is 12.5. The first-order chi connectivity index (χ1) is 24.2. The lowest BCUT2D eigenvalue weighted by Crippen LogP contribution is -2.56. The number of H-pyrrole nitrogens is 1. The van der Waals surface area contributed by atoms with Gasteiger partial charge in [-0.25, -0.2) is 0 Å². The number of aromatic hydroxyl groups is 2. The van der Waals surface area contributed by atoms with Gasteiger partial charge in [-0.2, -0.15) is 10.1 Å². The summed E-state index contributed by atoms with van der Waals surface area (Å²) in [6.45, 7) is -0.687. The number of hydrogen-bond donors (Lipinski definition) is 7. The van der Waals surface area contributed by atoms with Crippen LogP contribution >= 0.6 is 0 Å². The first kappa shape index (κ1) is 30.2. The van der Waals surface area contributed by atoms with Gasteiger partial charge in [0.2, 0.25) is 0 Å². The molecule has 250 valence electrons. The van der Waals surface area contributed by atoms with Crippen molar-refractivity contribution in [1.82, 2.24) is 19.5 Å². The number of para-hydroxylation sites is 1. The number of phenols is 2. The number of carbonyl (C=O) groups excluding carboxylic acids is 2. The van der Waals surface area contributed by atoms with Crippen molar-refractivity contribution >= 4 is 72.5 Å². The summed E-state index contributed by atoms with van der Waals surface area (Å²) >= 11 is 0. The Labute approximate surface area is 280 Å². The molecule has 4 aromatic carbocycles. The van der Waals surface area contributed by atoms with E-state index < -0.39 is 49.1 Å². The van der Waals surface area contributed by atoms with E-state index in [1.165, 1.54) is 35.0 Å². The lowest BCUT2D eigenvalue weighted by atomic mass is 9.96. The lowest BCUT2D eigenvalue weighted by Gasteiger charge is -2.41. The maximum absolute atomic E-state index is 14.5.